The van der Waals surface area contributed by atoms with Crippen LogP contribution in [-0.4, -0.2) is 26.6 Å². The van der Waals surface area contributed by atoms with Gasteiger partial charge in [0.05, 0.1) is 17.5 Å². The Labute approximate surface area is 84.5 Å². The molecular formula is C8H11BrN2O2. The molecule has 0 aliphatic rings. The van der Waals surface area contributed by atoms with Crippen LogP contribution in [0.25, 0.3) is 0 Å². The highest BCUT2D eigenvalue weighted by atomic mass is 79.9. The summed E-state index contributed by atoms with van der Waals surface area (Å²) >= 11 is 3.06. The molecule has 13 heavy (non-hydrogen) atoms. The number of aromatic nitrogens is 1. The fourth-order valence-electron chi connectivity index (χ4n) is 0.944. The second kappa shape index (κ2) is 4.55. The molecule has 0 fully saturated rings. The molecule has 0 bridgehead atoms. The summed E-state index contributed by atoms with van der Waals surface area (Å²) in [5, 5.41) is 19.1. The summed E-state index contributed by atoms with van der Waals surface area (Å²) in [5.41, 5.74) is 6.26. The molecule has 0 aliphatic carbocycles. The van der Waals surface area contributed by atoms with Crippen LogP contribution in [0, 0.1) is 0 Å². The molecule has 0 saturated heterocycles. The van der Waals surface area contributed by atoms with Crippen molar-refractivity contribution in [1.29, 1.82) is 0 Å². The number of aliphatic hydroxyl groups is 2. The standard InChI is InChI=1S/C8H11BrN2O2/c9-4-6(12)8(13)7-5(10)2-1-3-11-7/h1-3,6,8,12-13H,4,10H2. The van der Waals surface area contributed by atoms with Crippen molar-refractivity contribution in [3.63, 3.8) is 0 Å². The Morgan fingerprint density at radius 1 is 1.54 bits per heavy atom. The van der Waals surface area contributed by atoms with Gasteiger partial charge in [0.15, 0.2) is 0 Å². The molecule has 2 unspecified atom stereocenters. The molecular weight excluding hydrogens is 236 g/mol. The minimum Gasteiger partial charge on any atom is -0.397 e. The molecule has 1 heterocycles. The number of pyridine rings is 1. The van der Waals surface area contributed by atoms with Crippen LogP contribution >= 0.6 is 15.9 Å². The van der Waals surface area contributed by atoms with Crippen LogP contribution in [0.2, 0.25) is 0 Å². The van der Waals surface area contributed by atoms with Crippen LogP contribution in [0.1, 0.15) is 11.8 Å². The maximum atomic E-state index is 9.55. The van der Waals surface area contributed by atoms with E-state index in [0.29, 0.717) is 11.4 Å². The van der Waals surface area contributed by atoms with Gasteiger partial charge in [-0.3, -0.25) is 4.98 Å². The molecule has 1 aromatic heterocycles. The highest BCUT2D eigenvalue weighted by Crippen LogP contribution is 2.20. The van der Waals surface area contributed by atoms with Crippen LogP contribution in [0.4, 0.5) is 5.69 Å². The van der Waals surface area contributed by atoms with E-state index in [2.05, 4.69) is 20.9 Å². The lowest BCUT2D eigenvalue weighted by molar-refractivity contribution is 0.0320. The second-order valence-corrected chi connectivity index (χ2v) is 3.29. The fourth-order valence-corrected chi connectivity index (χ4v) is 1.30. The molecule has 5 heteroatoms. The van der Waals surface area contributed by atoms with Gasteiger partial charge in [-0.2, -0.15) is 0 Å². The van der Waals surface area contributed by atoms with Crippen molar-refractivity contribution < 1.29 is 10.2 Å². The maximum Gasteiger partial charge on any atom is 0.125 e. The maximum absolute atomic E-state index is 9.55. The van der Waals surface area contributed by atoms with Gasteiger partial charge in [-0.25, -0.2) is 0 Å². The molecule has 0 saturated carbocycles. The number of anilines is 1. The first-order valence-electron chi connectivity index (χ1n) is 3.79. The average Bonchev–Trinajstić information content (AvgIpc) is 2.16. The van der Waals surface area contributed by atoms with E-state index in [1.807, 2.05) is 0 Å². The number of rotatable bonds is 3. The Hall–Kier alpha value is -0.650. The van der Waals surface area contributed by atoms with Crippen molar-refractivity contribution in [2.24, 2.45) is 0 Å². The van der Waals surface area contributed by atoms with Crippen molar-refractivity contribution in [2.75, 3.05) is 11.1 Å². The molecule has 0 aliphatic heterocycles. The van der Waals surface area contributed by atoms with E-state index in [1.165, 1.54) is 6.20 Å². The quantitative estimate of drug-likeness (QED) is 0.677. The first kappa shape index (κ1) is 10.4. The SMILES string of the molecule is Nc1cccnc1C(O)C(O)CBr. The van der Waals surface area contributed by atoms with Gasteiger partial charge >= 0.3 is 0 Å². The van der Waals surface area contributed by atoms with Crippen molar-refractivity contribution in [2.45, 2.75) is 12.2 Å². The molecule has 72 valence electrons. The normalized spacial score (nSPS) is 15.3. The van der Waals surface area contributed by atoms with Gasteiger partial charge in [-0.05, 0) is 12.1 Å². The molecule has 1 aromatic rings. The van der Waals surface area contributed by atoms with Gasteiger partial charge in [-0.15, -0.1) is 0 Å². The van der Waals surface area contributed by atoms with Gasteiger partial charge < -0.3 is 15.9 Å². The third kappa shape index (κ3) is 2.40. The zero-order chi connectivity index (χ0) is 9.84. The molecule has 1 rings (SSSR count). The van der Waals surface area contributed by atoms with Gasteiger partial charge in [0.2, 0.25) is 0 Å². The van der Waals surface area contributed by atoms with E-state index in [9.17, 15) is 10.2 Å². The minimum absolute atomic E-state index is 0.282. The summed E-state index contributed by atoms with van der Waals surface area (Å²) in [4.78, 5) is 3.89. The zero-order valence-electron chi connectivity index (χ0n) is 6.89. The van der Waals surface area contributed by atoms with Gasteiger partial charge in [-0.1, -0.05) is 15.9 Å². The Morgan fingerprint density at radius 2 is 2.23 bits per heavy atom. The van der Waals surface area contributed by atoms with Crippen LogP contribution in [0.3, 0.4) is 0 Å². The lowest BCUT2D eigenvalue weighted by atomic mass is 10.1. The third-order valence-electron chi connectivity index (χ3n) is 1.67. The van der Waals surface area contributed by atoms with Gasteiger partial charge in [0.1, 0.15) is 6.10 Å². The predicted molar refractivity (Wildman–Crippen MR) is 53.4 cm³/mol. The van der Waals surface area contributed by atoms with Crippen molar-refractivity contribution in [3.05, 3.63) is 24.0 Å². The molecule has 0 spiro atoms. The number of nitrogens with zero attached hydrogens (tertiary/aromatic N) is 1. The van der Waals surface area contributed by atoms with E-state index < -0.39 is 12.2 Å². The van der Waals surface area contributed by atoms with Crippen molar-refractivity contribution in [3.8, 4) is 0 Å². The first-order chi connectivity index (χ1) is 6.16. The Balaban J connectivity index is 2.88. The summed E-state index contributed by atoms with van der Waals surface area (Å²) in [7, 11) is 0. The van der Waals surface area contributed by atoms with Crippen LogP contribution < -0.4 is 5.73 Å². The first-order valence-corrected chi connectivity index (χ1v) is 4.91. The minimum atomic E-state index is -1.04. The lowest BCUT2D eigenvalue weighted by Gasteiger charge is -2.15. The molecule has 0 amide bonds. The third-order valence-corrected chi connectivity index (χ3v) is 2.34. The molecule has 4 N–H and O–H groups in total. The number of halogens is 1. The van der Waals surface area contributed by atoms with E-state index in [1.54, 1.807) is 12.1 Å². The summed E-state index contributed by atoms with van der Waals surface area (Å²) in [5.74, 6) is 0. The van der Waals surface area contributed by atoms with Crippen molar-refractivity contribution >= 4 is 21.6 Å². The summed E-state index contributed by atoms with van der Waals surface area (Å²) in [6.07, 6.45) is -0.409. The van der Waals surface area contributed by atoms with Crippen molar-refractivity contribution in [1.82, 2.24) is 4.98 Å². The average molecular weight is 247 g/mol. The zero-order valence-corrected chi connectivity index (χ0v) is 8.48. The summed E-state index contributed by atoms with van der Waals surface area (Å²) in [6.45, 7) is 0. The van der Waals surface area contributed by atoms with Gasteiger partial charge in [0, 0.05) is 11.5 Å². The predicted octanol–water partition coefficient (Wildman–Crippen LogP) is 0.453. The number of alkyl halides is 1. The van der Waals surface area contributed by atoms with E-state index in [0.717, 1.165) is 0 Å². The lowest BCUT2D eigenvalue weighted by Crippen LogP contribution is -2.21. The Bertz CT molecular complexity index is 283. The number of aliphatic hydroxyl groups excluding tert-OH is 2. The van der Waals surface area contributed by atoms with E-state index >= 15 is 0 Å². The number of hydrogen-bond donors (Lipinski definition) is 3. The van der Waals surface area contributed by atoms with Crippen LogP contribution in [0.5, 0.6) is 0 Å². The number of nitrogen functional groups attached to an aromatic ring is 1. The molecule has 0 aromatic carbocycles. The molecule has 4 nitrogen and oxygen atoms in total. The van der Waals surface area contributed by atoms with Crippen LogP contribution in [0.15, 0.2) is 18.3 Å². The topological polar surface area (TPSA) is 79.4 Å². The number of nitrogens with two attached hydrogens (primary N) is 1. The Kier molecular flexibility index (Phi) is 3.65. The summed E-state index contributed by atoms with van der Waals surface area (Å²) in [6, 6.07) is 3.30. The smallest absolute Gasteiger partial charge is 0.125 e. The Morgan fingerprint density at radius 3 is 2.77 bits per heavy atom. The highest BCUT2D eigenvalue weighted by molar-refractivity contribution is 9.09. The number of hydrogen-bond acceptors (Lipinski definition) is 4. The largest absolute Gasteiger partial charge is 0.397 e. The van der Waals surface area contributed by atoms with E-state index in [-0.39, 0.29) is 5.33 Å². The fraction of sp³-hybridized carbons (Fsp3) is 0.375. The highest BCUT2D eigenvalue weighted by Gasteiger charge is 2.20. The molecule has 0 radical (unpaired) electrons. The van der Waals surface area contributed by atoms with Gasteiger partial charge in [0.25, 0.3) is 0 Å². The monoisotopic (exact) mass is 246 g/mol. The molecule has 2 atom stereocenters. The second-order valence-electron chi connectivity index (χ2n) is 2.64. The van der Waals surface area contributed by atoms with Crippen LogP contribution in [-0.2, 0) is 0 Å². The van der Waals surface area contributed by atoms with E-state index in [4.69, 9.17) is 5.73 Å². The summed E-state index contributed by atoms with van der Waals surface area (Å²) < 4.78 is 0.